The van der Waals surface area contributed by atoms with Gasteiger partial charge in [-0.3, -0.25) is 9.89 Å². The molecule has 2 rings (SSSR count). The van der Waals surface area contributed by atoms with E-state index in [0.717, 1.165) is 16.6 Å². The van der Waals surface area contributed by atoms with E-state index in [9.17, 15) is 4.79 Å². The summed E-state index contributed by atoms with van der Waals surface area (Å²) in [5, 5.41) is 17.0. The van der Waals surface area contributed by atoms with Crippen LogP contribution in [0.2, 0.25) is 0 Å². The normalized spacial score (nSPS) is 10.6. The molecule has 2 aromatic rings. The predicted octanol–water partition coefficient (Wildman–Crippen LogP) is 1.11. The summed E-state index contributed by atoms with van der Waals surface area (Å²) < 4.78 is 0. The standard InChI is InChI=1S/C14H17N3O2/c1-2-7-17(8-9-18)14(19)10-13-11-5-3-4-6-12(11)15-16-13/h2-6,18H,1,7-10H2,(H,15,16). The maximum Gasteiger partial charge on any atom is 0.228 e. The second-order valence-corrected chi connectivity index (χ2v) is 4.25. The quantitative estimate of drug-likeness (QED) is 0.764. The molecule has 0 aliphatic rings. The number of hydrogen-bond donors (Lipinski definition) is 2. The number of aromatic amines is 1. The van der Waals surface area contributed by atoms with E-state index < -0.39 is 0 Å². The smallest absolute Gasteiger partial charge is 0.228 e. The van der Waals surface area contributed by atoms with Gasteiger partial charge in [0.05, 0.1) is 24.2 Å². The number of H-pyrrole nitrogens is 1. The molecule has 0 unspecified atom stereocenters. The van der Waals surface area contributed by atoms with Crippen LogP contribution in [0.25, 0.3) is 10.9 Å². The first-order valence-corrected chi connectivity index (χ1v) is 6.17. The summed E-state index contributed by atoms with van der Waals surface area (Å²) in [7, 11) is 0. The third kappa shape index (κ3) is 3.00. The summed E-state index contributed by atoms with van der Waals surface area (Å²) >= 11 is 0. The van der Waals surface area contributed by atoms with E-state index in [0.29, 0.717) is 13.1 Å². The highest BCUT2D eigenvalue weighted by molar-refractivity contribution is 5.87. The SMILES string of the molecule is C=CCN(CCO)C(=O)Cc1[nH]nc2ccccc12. The van der Waals surface area contributed by atoms with E-state index in [4.69, 9.17) is 5.11 Å². The van der Waals surface area contributed by atoms with E-state index in [1.165, 1.54) is 0 Å². The lowest BCUT2D eigenvalue weighted by atomic mass is 10.1. The molecule has 0 aliphatic carbocycles. The Bertz CT molecular complexity index is 577. The van der Waals surface area contributed by atoms with Gasteiger partial charge in [0.1, 0.15) is 0 Å². The average molecular weight is 259 g/mol. The molecule has 1 aromatic heterocycles. The lowest BCUT2D eigenvalue weighted by Gasteiger charge is -2.19. The Kier molecular flexibility index (Phi) is 4.30. The Morgan fingerprint density at radius 3 is 3.00 bits per heavy atom. The largest absolute Gasteiger partial charge is 0.395 e. The number of aliphatic hydroxyl groups is 1. The Labute approximate surface area is 111 Å². The fourth-order valence-electron chi connectivity index (χ4n) is 2.01. The van der Waals surface area contributed by atoms with Crippen molar-refractivity contribution < 1.29 is 9.90 Å². The number of carbonyl (C=O) groups excluding carboxylic acids is 1. The zero-order chi connectivity index (χ0) is 13.7. The van der Waals surface area contributed by atoms with Crippen molar-refractivity contribution in [1.29, 1.82) is 0 Å². The number of fused-ring (bicyclic) bond motifs is 1. The van der Waals surface area contributed by atoms with Gasteiger partial charge < -0.3 is 10.0 Å². The van der Waals surface area contributed by atoms with E-state index in [1.807, 2.05) is 24.3 Å². The van der Waals surface area contributed by atoms with Crippen LogP contribution in [0.1, 0.15) is 5.69 Å². The van der Waals surface area contributed by atoms with E-state index in [1.54, 1.807) is 11.0 Å². The number of nitrogens with one attached hydrogen (secondary N) is 1. The number of aliphatic hydroxyl groups excluding tert-OH is 1. The number of para-hydroxylation sites is 1. The minimum Gasteiger partial charge on any atom is -0.395 e. The summed E-state index contributed by atoms with van der Waals surface area (Å²) in [6, 6.07) is 7.66. The zero-order valence-corrected chi connectivity index (χ0v) is 10.7. The highest BCUT2D eigenvalue weighted by Crippen LogP contribution is 2.16. The van der Waals surface area contributed by atoms with Gasteiger partial charge >= 0.3 is 0 Å². The third-order valence-corrected chi connectivity index (χ3v) is 2.94. The van der Waals surface area contributed by atoms with Crippen LogP contribution in [0, 0.1) is 0 Å². The fourth-order valence-corrected chi connectivity index (χ4v) is 2.01. The molecule has 0 aliphatic heterocycles. The van der Waals surface area contributed by atoms with Crippen molar-refractivity contribution in [2.45, 2.75) is 6.42 Å². The fraction of sp³-hybridized carbons (Fsp3) is 0.286. The first-order chi connectivity index (χ1) is 9.26. The number of carbonyl (C=O) groups is 1. The molecule has 5 nitrogen and oxygen atoms in total. The molecule has 100 valence electrons. The zero-order valence-electron chi connectivity index (χ0n) is 10.7. The average Bonchev–Trinajstić information content (AvgIpc) is 2.82. The Morgan fingerprint density at radius 2 is 2.26 bits per heavy atom. The first kappa shape index (κ1) is 13.3. The summed E-state index contributed by atoms with van der Waals surface area (Å²) in [5.74, 6) is -0.0525. The molecule has 0 atom stereocenters. The van der Waals surface area contributed by atoms with Crippen LogP contribution in [0.15, 0.2) is 36.9 Å². The van der Waals surface area contributed by atoms with Gasteiger partial charge in [-0.1, -0.05) is 24.3 Å². The number of hydrogen-bond acceptors (Lipinski definition) is 3. The topological polar surface area (TPSA) is 69.2 Å². The number of amides is 1. The summed E-state index contributed by atoms with van der Waals surface area (Å²) in [5.41, 5.74) is 1.65. The van der Waals surface area contributed by atoms with Gasteiger partial charge in [0.25, 0.3) is 0 Å². The van der Waals surface area contributed by atoms with E-state index >= 15 is 0 Å². The molecule has 1 heterocycles. The maximum atomic E-state index is 12.2. The van der Waals surface area contributed by atoms with Crippen LogP contribution in [0.4, 0.5) is 0 Å². The molecule has 19 heavy (non-hydrogen) atoms. The third-order valence-electron chi connectivity index (χ3n) is 2.94. The van der Waals surface area contributed by atoms with Crippen molar-refractivity contribution in [3.05, 3.63) is 42.6 Å². The summed E-state index contributed by atoms with van der Waals surface area (Å²) in [4.78, 5) is 13.7. The highest BCUT2D eigenvalue weighted by atomic mass is 16.3. The molecule has 0 saturated carbocycles. The van der Waals surface area contributed by atoms with Crippen LogP contribution in [-0.2, 0) is 11.2 Å². The van der Waals surface area contributed by atoms with Crippen LogP contribution in [0.3, 0.4) is 0 Å². The second kappa shape index (κ2) is 6.15. The second-order valence-electron chi connectivity index (χ2n) is 4.25. The summed E-state index contributed by atoms with van der Waals surface area (Å²) in [6.45, 7) is 4.32. The molecule has 0 radical (unpaired) electrons. The van der Waals surface area contributed by atoms with Crippen molar-refractivity contribution in [3.63, 3.8) is 0 Å². The van der Waals surface area contributed by atoms with Gasteiger partial charge in [-0.15, -0.1) is 6.58 Å². The molecule has 1 aromatic carbocycles. The molecule has 0 fully saturated rings. The lowest BCUT2D eigenvalue weighted by molar-refractivity contribution is -0.130. The van der Waals surface area contributed by atoms with E-state index in [2.05, 4.69) is 16.8 Å². The van der Waals surface area contributed by atoms with Crippen LogP contribution >= 0.6 is 0 Å². The number of aromatic nitrogens is 2. The van der Waals surface area contributed by atoms with Gasteiger partial charge in [-0.2, -0.15) is 5.10 Å². The maximum absolute atomic E-state index is 12.2. The first-order valence-electron chi connectivity index (χ1n) is 6.17. The Balaban J connectivity index is 2.15. The van der Waals surface area contributed by atoms with Crippen molar-refractivity contribution in [1.82, 2.24) is 15.1 Å². The van der Waals surface area contributed by atoms with Gasteiger partial charge in [0, 0.05) is 18.5 Å². The van der Waals surface area contributed by atoms with Crippen molar-refractivity contribution in [2.75, 3.05) is 19.7 Å². The minimum atomic E-state index is -0.0525. The lowest BCUT2D eigenvalue weighted by Crippen LogP contribution is -2.34. The van der Waals surface area contributed by atoms with Crippen LogP contribution in [-0.4, -0.2) is 45.8 Å². The Morgan fingerprint density at radius 1 is 1.47 bits per heavy atom. The van der Waals surface area contributed by atoms with Crippen molar-refractivity contribution in [2.24, 2.45) is 0 Å². The number of rotatable bonds is 6. The van der Waals surface area contributed by atoms with E-state index in [-0.39, 0.29) is 18.9 Å². The molecule has 0 spiro atoms. The van der Waals surface area contributed by atoms with Crippen LogP contribution < -0.4 is 0 Å². The minimum absolute atomic E-state index is 0.0523. The van der Waals surface area contributed by atoms with Crippen LogP contribution in [0.5, 0.6) is 0 Å². The number of benzene rings is 1. The predicted molar refractivity (Wildman–Crippen MR) is 73.7 cm³/mol. The molecule has 1 amide bonds. The van der Waals surface area contributed by atoms with Crippen molar-refractivity contribution in [3.8, 4) is 0 Å². The molecule has 5 heteroatoms. The molecular weight excluding hydrogens is 242 g/mol. The van der Waals surface area contributed by atoms with Gasteiger partial charge in [0.2, 0.25) is 5.91 Å². The van der Waals surface area contributed by atoms with Gasteiger partial charge in [-0.05, 0) is 6.07 Å². The molecular formula is C14H17N3O2. The Hall–Kier alpha value is -2.14. The molecule has 0 saturated heterocycles. The highest BCUT2D eigenvalue weighted by Gasteiger charge is 2.15. The number of nitrogens with zero attached hydrogens (tertiary/aromatic N) is 2. The molecule has 2 N–H and O–H groups in total. The monoisotopic (exact) mass is 259 g/mol. The van der Waals surface area contributed by atoms with Gasteiger partial charge in [-0.25, -0.2) is 0 Å². The van der Waals surface area contributed by atoms with Gasteiger partial charge in [0.15, 0.2) is 0 Å². The summed E-state index contributed by atoms with van der Waals surface area (Å²) in [6.07, 6.45) is 1.90. The van der Waals surface area contributed by atoms with Crippen molar-refractivity contribution >= 4 is 16.8 Å². The molecule has 0 bridgehead atoms.